The molecule has 24 valence electrons. The standard InChI is InChI=1S/CH4.2CH3.Sn/h1H4;2*1H3;/q;;;+2. The summed E-state index contributed by atoms with van der Waals surface area (Å²) in [5.74, 6) is 0. The van der Waals surface area contributed by atoms with Crippen molar-refractivity contribution in [1.29, 1.82) is 0 Å². The van der Waals surface area contributed by atoms with Gasteiger partial charge in [-0.1, -0.05) is 7.43 Å². The third-order valence-electron chi connectivity index (χ3n) is 0. The maximum atomic E-state index is 2.30. The molecule has 1 heteroatoms. The van der Waals surface area contributed by atoms with Crippen molar-refractivity contribution < 1.29 is 0 Å². The van der Waals surface area contributed by atoms with Gasteiger partial charge in [0.05, 0.1) is 0 Å². The molecule has 0 amide bonds. The molecule has 0 bridgehead atoms. The van der Waals surface area contributed by atoms with Crippen molar-refractivity contribution in [3.63, 3.8) is 0 Å². The second kappa shape index (κ2) is 9.20. The summed E-state index contributed by atoms with van der Waals surface area (Å²) in [5, 5.41) is 0. The summed E-state index contributed by atoms with van der Waals surface area (Å²) in [5.41, 5.74) is 0. The Morgan fingerprint density at radius 3 is 1.25 bits per heavy atom. The van der Waals surface area contributed by atoms with Crippen molar-refractivity contribution in [2.75, 3.05) is 0 Å². The molecule has 0 spiro atoms. The van der Waals surface area contributed by atoms with E-state index in [2.05, 4.69) is 9.88 Å². The van der Waals surface area contributed by atoms with Crippen LogP contribution in [-0.2, 0) is 0 Å². The Hall–Kier alpha value is 0.799. The van der Waals surface area contributed by atoms with E-state index in [1.165, 1.54) is 0 Å². The van der Waals surface area contributed by atoms with Gasteiger partial charge in [0.2, 0.25) is 0 Å². The first kappa shape index (κ1) is 8.84. The predicted molar refractivity (Wildman–Crippen MR) is 24.2 cm³/mol. The van der Waals surface area contributed by atoms with Crippen LogP contribution in [0.1, 0.15) is 7.43 Å². The van der Waals surface area contributed by atoms with Crippen molar-refractivity contribution in [2.45, 2.75) is 17.3 Å². The molecule has 0 aliphatic rings. The van der Waals surface area contributed by atoms with Crippen LogP contribution in [0.3, 0.4) is 0 Å². The van der Waals surface area contributed by atoms with Crippen molar-refractivity contribution in [2.24, 2.45) is 0 Å². The van der Waals surface area contributed by atoms with Crippen LogP contribution in [0, 0.1) is 0 Å². The SMILES string of the molecule is C.[CH3][Sn+2][CH3]. The summed E-state index contributed by atoms with van der Waals surface area (Å²) in [7, 11) is 0. The van der Waals surface area contributed by atoms with E-state index >= 15 is 0 Å². The zero-order valence-corrected chi connectivity index (χ0v) is 5.35. The Morgan fingerprint density at radius 1 is 1.25 bits per heavy atom. The van der Waals surface area contributed by atoms with Gasteiger partial charge in [-0.2, -0.15) is 0 Å². The molecule has 0 atom stereocenters. The van der Waals surface area contributed by atoms with Crippen molar-refractivity contribution in [3.05, 3.63) is 0 Å². The predicted octanol–water partition coefficient (Wildman–Crippen LogP) is 1.42. The monoisotopic (exact) mass is 166 g/mol. The molecule has 0 fully saturated rings. The van der Waals surface area contributed by atoms with E-state index in [4.69, 9.17) is 0 Å². The van der Waals surface area contributed by atoms with Crippen LogP contribution in [0.5, 0.6) is 0 Å². The zero-order valence-electron chi connectivity index (χ0n) is 2.50. The number of rotatable bonds is 0. The Morgan fingerprint density at radius 2 is 1.25 bits per heavy atom. The molecule has 0 saturated heterocycles. The second-order valence-corrected chi connectivity index (χ2v) is 3.35. The van der Waals surface area contributed by atoms with Crippen LogP contribution >= 0.6 is 0 Å². The fraction of sp³-hybridized carbons (Fsp3) is 1.00. The molecule has 0 aromatic rings. The van der Waals surface area contributed by atoms with Crippen LogP contribution < -0.4 is 0 Å². The molecule has 0 N–H and O–H groups in total. The quantitative estimate of drug-likeness (QED) is 0.476. The second-order valence-electron chi connectivity index (χ2n) is 0.500. The van der Waals surface area contributed by atoms with E-state index in [0.717, 1.165) is 0 Å². The van der Waals surface area contributed by atoms with Gasteiger partial charge < -0.3 is 0 Å². The topological polar surface area (TPSA) is 0 Å². The maximum absolute atomic E-state index is 2.30. The Kier molecular flexibility index (Phi) is 20.3. The van der Waals surface area contributed by atoms with E-state index in [9.17, 15) is 0 Å². The van der Waals surface area contributed by atoms with Crippen LogP contribution in [0.2, 0.25) is 9.88 Å². The average Bonchev–Trinajstić information content (AvgIpc) is 0.918. The first-order chi connectivity index (χ1) is 1.41. The fourth-order valence-corrected chi connectivity index (χ4v) is 0. The molecular formula is C3H10Sn+2. The first-order valence-electron chi connectivity index (χ1n) is 1.00. The normalized spacial score (nSPS) is 2.50. The Balaban J connectivity index is 0. The summed E-state index contributed by atoms with van der Waals surface area (Å²) in [6.07, 6.45) is 0. The van der Waals surface area contributed by atoms with E-state index in [-0.39, 0.29) is 28.6 Å². The van der Waals surface area contributed by atoms with Gasteiger partial charge in [0.25, 0.3) is 0 Å². The molecule has 0 saturated carbocycles. The van der Waals surface area contributed by atoms with Gasteiger partial charge >= 0.3 is 31.0 Å². The summed E-state index contributed by atoms with van der Waals surface area (Å²) in [6.45, 7) is 0. The van der Waals surface area contributed by atoms with Crippen LogP contribution in [0.15, 0.2) is 0 Å². The van der Waals surface area contributed by atoms with Gasteiger partial charge in [-0.05, 0) is 0 Å². The summed E-state index contributed by atoms with van der Waals surface area (Å²) >= 11 is 0.230. The van der Waals surface area contributed by atoms with Crippen LogP contribution in [-0.4, -0.2) is 21.1 Å². The third-order valence-corrected chi connectivity index (χ3v) is 0. The van der Waals surface area contributed by atoms with Crippen molar-refractivity contribution >= 4 is 21.1 Å². The van der Waals surface area contributed by atoms with Gasteiger partial charge in [-0.25, -0.2) is 0 Å². The zero-order chi connectivity index (χ0) is 2.71. The Labute approximate surface area is 38.8 Å². The molecule has 0 rings (SSSR count). The molecule has 0 unspecified atom stereocenters. The molecule has 0 aliphatic carbocycles. The van der Waals surface area contributed by atoms with Gasteiger partial charge in [0.1, 0.15) is 0 Å². The summed E-state index contributed by atoms with van der Waals surface area (Å²) in [4.78, 5) is 4.59. The number of hydrogen-bond donors (Lipinski definition) is 0. The fourth-order valence-electron chi connectivity index (χ4n) is 0. The van der Waals surface area contributed by atoms with Gasteiger partial charge in [0.15, 0.2) is 0 Å². The molecule has 0 radical (unpaired) electrons. The van der Waals surface area contributed by atoms with Crippen molar-refractivity contribution in [1.82, 2.24) is 0 Å². The first-order valence-corrected chi connectivity index (χ1v) is 6.71. The Bertz CT molecular complexity index is 3.25. The van der Waals surface area contributed by atoms with Crippen LogP contribution in [0.4, 0.5) is 0 Å². The van der Waals surface area contributed by atoms with Gasteiger partial charge in [-0.15, -0.1) is 0 Å². The molecule has 0 nitrogen and oxygen atoms in total. The summed E-state index contributed by atoms with van der Waals surface area (Å²) in [6, 6.07) is 0. The average molecular weight is 165 g/mol. The van der Waals surface area contributed by atoms with E-state index in [1.807, 2.05) is 0 Å². The van der Waals surface area contributed by atoms with E-state index in [1.54, 1.807) is 0 Å². The van der Waals surface area contributed by atoms with Gasteiger partial charge in [0, 0.05) is 0 Å². The molecule has 4 heavy (non-hydrogen) atoms. The molecule has 0 heterocycles. The molecular weight excluding hydrogens is 155 g/mol. The molecule has 0 aromatic heterocycles. The van der Waals surface area contributed by atoms with E-state index in [0.29, 0.717) is 0 Å². The van der Waals surface area contributed by atoms with Crippen molar-refractivity contribution in [3.8, 4) is 0 Å². The number of hydrogen-bond acceptors (Lipinski definition) is 0. The minimum atomic E-state index is 0. The molecule has 0 aliphatic heterocycles. The van der Waals surface area contributed by atoms with Crippen LogP contribution in [0.25, 0.3) is 0 Å². The molecule has 0 aromatic carbocycles. The van der Waals surface area contributed by atoms with Gasteiger partial charge in [-0.3, -0.25) is 0 Å². The summed E-state index contributed by atoms with van der Waals surface area (Å²) < 4.78 is 0. The minimum absolute atomic E-state index is 0. The third kappa shape index (κ3) is 14.2. The van der Waals surface area contributed by atoms with E-state index < -0.39 is 0 Å².